The van der Waals surface area contributed by atoms with Crippen molar-refractivity contribution in [1.29, 1.82) is 0 Å². The molecule has 2 aromatic rings. The lowest BCUT2D eigenvalue weighted by Crippen LogP contribution is -2.42. The number of rotatable bonds is 4. The molecule has 1 amide bonds. The average molecular weight is 339 g/mol. The second-order valence-electron chi connectivity index (χ2n) is 7.33. The summed E-state index contributed by atoms with van der Waals surface area (Å²) in [6.45, 7) is 8.14. The number of benzene rings is 2. The quantitative estimate of drug-likeness (QED) is 0.912. The van der Waals surface area contributed by atoms with Crippen LogP contribution in [0.1, 0.15) is 43.0 Å². The van der Waals surface area contributed by atoms with Crippen LogP contribution >= 0.6 is 0 Å². The number of nitrogens with one attached hydrogen (secondary N) is 1. The van der Waals surface area contributed by atoms with E-state index in [1.807, 2.05) is 64.1 Å². The molecule has 1 atom stereocenters. The molecule has 4 heteroatoms. The second-order valence-corrected chi connectivity index (χ2v) is 7.33. The highest BCUT2D eigenvalue weighted by Crippen LogP contribution is 2.39. The zero-order chi connectivity index (χ0) is 18.0. The summed E-state index contributed by atoms with van der Waals surface area (Å²) >= 11 is 0. The molecule has 0 fully saturated rings. The van der Waals surface area contributed by atoms with Crippen molar-refractivity contribution in [3.63, 3.8) is 0 Å². The minimum absolute atomic E-state index is 0.00198. The van der Waals surface area contributed by atoms with E-state index in [1.165, 1.54) is 0 Å². The molecular weight excluding hydrogens is 314 g/mol. The molecular formula is C21H25NO3. The van der Waals surface area contributed by atoms with Crippen LogP contribution in [-0.2, 0) is 4.79 Å². The van der Waals surface area contributed by atoms with Crippen LogP contribution < -0.4 is 14.8 Å². The Labute approximate surface area is 149 Å². The van der Waals surface area contributed by atoms with Gasteiger partial charge in [0.15, 0.2) is 6.61 Å². The number of aryl methyl sites for hydroxylation is 2. The van der Waals surface area contributed by atoms with E-state index in [2.05, 4.69) is 11.4 Å². The van der Waals surface area contributed by atoms with Gasteiger partial charge in [-0.15, -0.1) is 0 Å². The summed E-state index contributed by atoms with van der Waals surface area (Å²) in [5.74, 6) is 1.41. The normalized spacial score (nSPS) is 18.0. The van der Waals surface area contributed by atoms with Crippen LogP contribution in [0.5, 0.6) is 11.5 Å². The molecule has 0 saturated heterocycles. The van der Waals surface area contributed by atoms with E-state index < -0.39 is 0 Å². The van der Waals surface area contributed by atoms with Gasteiger partial charge in [-0.25, -0.2) is 0 Å². The molecule has 25 heavy (non-hydrogen) atoms. The highest BCUT2D eigenvalue weighted by Gasteiger charge is 2.34. The molecule has 132 valence electrons. The molecule has 4 nitrogen and oxygen atoms in total. The fraction of sp³-hybridized carbons (Fsp3) is 0.381. The van der Waals surface area contributed by atoms with Gasteiger partial charge in [0.1, 0.15) is 17.1 Å². The summed E-state index contributed by atoms with van der Waals surface area (Å²) in [4.78, 5) is 12.4. The maximum atomic E-state index is 12.4. The zero-order valence-corrected chi connectivity index (χ0v) is 15.3. The standard InChI is InChI=1S/C21H25NO3/c1-14-5-8-16(9-6-14)24-13-20(23)22-18-12-21(3,4)25-19-10-7-15(2)11-17(18)19/h5-11,18H,12-13H2,1-4H3,(H,22,23)/t18-/m0/s1. The third-order valence-electron chi connectivity index (χ3n) is 4.35. The fourth-order valence-electron chi connectivity index (χ4n) is 3.12. The summed E-state index contributed by atoms with van der Waals surface area (Å²) < 4.78 is 11.6. The maximum Gasteiger partial charge on any atom is 0.258 e. The summed E-state index contributed by atoms with van der Waals surface area (Å²) in [5.41, 5.74) is 3.02. The molecule has 1 aliphatic rings. The molecule has 3 rings (SSSR count). The van der Waals surface area contributed by atoms with E-state index in [0.717, 1.165) is 28.9 Å². The lowest BCUT2D eigenvalue weighted by Gasteiger charge is -2.38. The van der Waals surface area contributed by atoms with Gasteiger partial charge in [-0.1, -0.05) is 35.4 Å². The fourth-order valence-corrected chi connectivity index (χ4v) is 3.12. The number of hydrogen-bond donors (Lipinski definition) is 1. The van der Waals surface area contributed by atoms with Crippen molar-refractivity contribution in [2.24, 2.45) is 0 Å². The van der Waals surface area contributed by atoms with Gasteiger partial charge in [-0.05, 0) is 45.9 Å². The molecule has 0 aliphatic carbocycles. The zero-order valence-electron chi connectivity index (χ0n) is 15.3. The van der Waals surface area contributed by atoms with Crippen molar-refractivity contribution in [3.8, 4) is 11.5 Å². The van der Waals surface area contributed by atoms with Crippen LogP contribution in [0.15, 0.2) is 42.5 Å². The predicted octanol–water partition coefficient (Wildman–Crippen LogP) is 4.10. The number of hydrogen-bond acceptors (Lipinski definition) is 3. The van der Waals surface area contributed by atoms with Gasteiger partial charge in [0.2, 0.25) is 0 Å². The van der Waals surface area contributed by atoms with Crippen molar-refractivity contribution in [3.05, 3.63) is 59.2 Å². The van der Waals surface area contributed by atoms with Crippen LogP contribution in [0.4, 0.5) is 0 Å². The Kier molecular flexibility index (Phi) is 4.71. The second kappa shape index (κ2) is 6.79. The SMILES string of the molecule is Cc1ccc(OCC(=O)N[C@H]2CC(C)(C)Oc3ccc(C)cc32)cc1. The van der Waals surface area contributed by atoms with E-state index in [4.69, 9.17) is 9.47 Å². The third-order valence-corrected chi connectivity index (χ3v) is 4.35. The van der Waals surface area contributed by atoms with Crippen molar-refractivity contribution in [1.82, 2.24) is 5.32 Å². The van der Waals surface area contributed by atoms with Crippen LogP contribution in [-0.4, -0.2) is 18.1 Å². The Morgan fingerprint density at radius 3 is 2.56 bits per heavy atom. The smallest absolute Gasteiger partial charge is 0.258 e. The van der Waals surface area contributed by atoms with E-state index in [-0.39, 0.29) is 24.2 Å². The van der Waals surface area contributed by atoms with Crippen molar-refractivity contribution in [2.75, 3.05) is 6.61 Å². The highest BCUT2D eigenvalue weighted by molar-refractivity contribution is 5.78. The topological polar surface area (TPSA) is 47.6 Å². The lowest BCUT2D eigenvalue weighted by atomic mass is 9.89. The Morgan fingerprint density at radius 1 is 1.16 bits per heavy atom. The van der Waals surface area contributed by atoms with E-state index in [9.17, 15) is 4.79 Å². The predicted molar refractivity (Wildman–Crippen MR) is 98.1 cm³/mol. The Bertz CT molecular complexity index is 765. The highest BCUT2D eigenvalue weighted by atomic mass is 16.5. The number of carbonyl (C=O) groups excluding carboxylic acids is 1. The molecule has 2 aromatic carbocycles. The molecule has 1 N–H and O–H groups in total. The average Bonchev–Trinajstić information content (AvgIpc) is 2.54. The van der Waals surface area contributed by atoms with E-state index in [1.54, 1.807) is 0 Å². The molecule has 0 saturated carbocycles. The van der Waals surface area contributed by atoms with E-state index in [0.29, 0.717) is 5.75 Å². The molecule has 1 aliphatic heterocycles. The number of amides is 1. The molecule has 1 heterocycles. The molecule has 0 bridgehead atoms. The Balaban J connectivity index is 1.68. The first kappa shape index (κ1) is 17.3. The molecule has 0 radical (unpaired) electrons. The van der Waals surface area contributed by atoms with Gasteiger partial charge in [-0.3, -0.25) is 4.79 Å². The number of fused-ring (bicyclic) bond motifs is 1. The molecule has 0 unspecified atom stereocenters. The maximum absolute atomic E-state index is 12.4. The first-order valence-electron chi connectivity index (χ1n) is 8.61. The largest absolute Gasteiger partial charge is 0.487 e. The van der Waals surface area contributed by atoms with Crippen LogP contribution in [0.25, 0.3) is 0 Å². The minimum atomic E-state index is -0.321. The van der Waals surface area contributed by atoms with Crippen molar-refractivity contribution >= 4 is 5.91 Å². The Hall–Kier alpha value is -2.49. The van der Waals surface area contributed by atoms with Crippen LogP contribution in [0.3, 0.4) is 0 Å². The molecule has 0 spiro atoms. The Morgan fingerprint density at radius 2 is 1.84 bits per heavy atom. The van der Waals surface area contributed by atoms with Gasteiger partial charge < -0.3 is 14.8 Å². The number of ether oxygens (including phenoxy) is 2. The summed E-state index contributed by atoms with van der Waals surface area (Å²) in [5, 5.41) is 3.10. The van der Waals surface area contributed by atoms with E-state index >= 15 is 0 Å². The van der Waals surface area contributed by atoms with Gasteiger partial charge in [-0.2, -0.15) is 0 Å². The molecule has 0 aromatic heterocycles. The lowest BCUT2D eigenvalue weighted by molar-refractivity contribution is -0.124. The first-order valence-corrected chi connectivity index (χ1v) is 8.61. The minimum Gasteiger partial charge on any atom is -0.487 e. The van der Waals surface area contributed by atoms with Gasteiger partial charge >= 0.3 is 0 Å². The van der Waals surface area contributed by atoms with Crippen molar-refractivity contribution < 1.29 is 14.3 Å². The van der Waals surface area contributed by atoms with Crippen molar-refractivity contribution in [2.45, 2.75) is 45.8 Å². The van der Waals surface area contributed by atoms with Gasteiger partial charge in [0.05, 0.1) is 6.04 Å². The van der Waals surface area contributed by atoms with Crippen LogP contribution in [0, 0.1) is 13.8 Å². The summed E-state index contributed by atoms with van der Waals surface area (Å²) in [6, 6.07) is 13.7. The number of carbonyl (C=O) groups is 1. The third kappa shape index (κ3) is 4.32. The van der Waals surface area contributed by atoms with Crippen LogP contribution in [0.2, 0.25) is 0 Å². The summed E-state index contributed by atoms with van der Waals surface area (Å²) in [6.07, 6.45) is 0.722. The monoisotopic (exact) mass is 339 g/mol. The summed E-state index contributed by atoms with van der Waals surface area (Å²) in [7, 11) is 0. The van der Waals surface area contributed by atoms with Gasteiger partial charge in [0.25, 0.3) is 5.91 Å². The first-order chi connectivity index (χ1) is 11.8. The van der Waals surface area contributed by atoms with Gasteiger partial charge in [0, 0.05) is 12.0 Å².